The molecule has 2 aliphatic carbocycles. The molecule has 2 rings (SSSR count). The fourth-order valence-corrected chi connectivity index (χ4v) is 3.56. The van der Waals surface area contributed by atoms with E-state index in [2.05, 4.69) is 18.9 Å². The number of nitrogens with zero attached hydrogens (tertiary/aromatic N) is 1. The predicted molar refractivity (Wildman–Crippen MR) is 69.4 cm³/mol. The number of nitrogens with two attached hydrogens (primary N) is 1. The highest BCUT2D eigenvalue weighted by molar-refractivity contribution is 4.92. The molecule has 0 amide bonds. The van der Waals surface area contributed by atoms with Crippen molar-refractivity contribution in [3.05, 3.63) is 0 Å². The molecule has 0 saturated heterocycles. The van der Waals surface area contributed by atoms with Gasteiger partial charge < -0.3 is 10.6 Å². The summed E-state index contributed by atoms with van der Waals surface area (Å²) in [6.45, 7) is 4.73. The van der Waals surface area contributed by atoms with Crippen LogP contribution in [0.3, 0.4) is 0 Å². The fraction of sp³-hybridized carbons (Fsp3) is 1.00. The van der Waals surface area contributed by atoms with Gasteiger partial charge in [0.15, 0.2) is 0 Å². The highest BCUT2D eigenvalue weighted by Crippen LogP contribution is 2.32. The molecule has 0 aliphatic heterocycles. The van der Waals surface area contributed by atoms with Crippen LogP contribution in [0.15, 0.2) is 0 Å². The SMILES string of the molecule is CC1CCCC(N)(CN(C)CC2CCC2)C1. The van der Waals surface area contributed by atoms with E-state index in [0.717, 1.165) is 18.4 Å². The van der Waals surface area contributed by atoms with Gasteiger partial charge in [0.05, 0.1) is 0 Å². The summed E-state index contributed by atoms with van der Waals surface area (Å²) in [6, 6.07) is 0. The molecule has 2 unspecified atom stereocenters. The van der Waals surface area contributed by atoms with Crippen LogP contribution in [0.25, 0.3) is 0 Å². The van der Waals surface area contributed by atoms with Gasteiger partial charge in [-0.2, -0.15) is 0 Å². The van der Waals surface area contributed by atoms with Crippen LogP contribution in [-0.2, 0) is 0 Å². The van der Waals surface area contributed by atoms with Crippen molar-refractivity contribution < 1.29 is 0 Å². The summed E-state index contributed by atoms with van der Waals surface area (Å²) >= 11 is 0. The average Bonchev–Trinajstić information content (AvgIpc) is 2.10. The van der Waals surface area contributed by atoms with E-state index in [1.54, 1.807) is 0 Å². The molecule has 0 aromatic heterocycles. The number of hydrogen-bond acceptors (Lipinski definition) is 2. The van der Waals surface area contributed by atoms with Crippen LogP contribution < -0.4 is 5.73 Å². The van der Waals surface area contributed by atoms with Gasteiger partial charge >= 0.3 is 0 Å². The molecule has 0 bridgehead atoms. The lowest BCUT2D eigenvalue weighted by atomic mass is 9.76. The zero-order chi connectivity index (χ0) is 11.6. The lowest BCUT2D eigenvalue weighted by Gasteiger charge is -2.41. The van der Waals surface area contributed by atoms with Crippen LogP contribution in [0.2, 0.25) is 0 Å². The number of likely N-dealkylation sites (N-methyl/N-ethyl adjacent to an activating group) is 1. The summed E-state index contributed by atoms with van der Waals surface area (Å²) in [7, 11) is 2.26. The molecule has 2 saturated carbocycles. The van der Waals surface area contributed by atoms with E-state index in [1.807, 2.05) is 0 Å². The van der Waals surface area contributed by atoms with Gasteiger partial charge in [-0.1, -0.05) is 26.2 Å². The fourth-order valence-electron chi connectivity index (χ4n) is 3.56. The molecule has 0 radical (unpaired) electrons. The molecular formula is C14H28N2. The number of hydrogen-bond donors (Lipinski definition) is 1. The second-order valence-corrected chi connectivity index (χ2v) is 6.56. The maximum absolute atomic E-state index is 6.54. The molecule has 2 N–H and O–H groups in total. The Balaban J connectivity index is 1.77. The van der Waals surface area contributed by atoms with Gasteiger partial charge in [-0.05, 0) is 44.6 Å². The summed E-state index contributed by atoms with van der Waals surface area (Å²) in [6.07, 6.45) is 9.49. The molecule has 2 nitrogen and oxygen atoms in total. The highest BCUT2D eigenvalue weighted by atomic mass is 15.1. The minimum Gasteiger partial charge on any atom is -0.324 e. The van der Waals surface area contributed by atoms with Gasteiger partial charge in [-0.15, -0.1) is 0 Å². The monoisotopic (exact) mass is 224 g/mol. The first kappa shape index (κ1) is 12.4. The molecule has 0 aromatic rings. The second kappa shape index (κ2) is 5.05. The Bertz CT molecular complexity index is 225. The Morgan fingerprint density at radius 2 is 2.00 bits per heavy atom. The van der Waals surface area contributed by atoms with Crippen molar-refractivity contribution in [2.45, 2.75) is 57.4 Å². The first-order chi connectivity index (χ1) is 7.57. The maximum atomic E-state index is 6.54. The van der Waals surface area contributed by atoms with E-state index in [4.69, 9.17) is 5.73 Å². The maximum Gasteiger partial charge on any atom is 0.0285 e. The second-order valence-electron chi connectivity index (χ2n) is 6.56. The minimum atomic E-state index is 0.107. The van der Waals surface area contributed by atoms with E-state index < -0.39 is 0 Å². The van der Waals surface area contributed by atoms with Crippen LogP contribution in [0.4, 0.5) is 0 Å². The average molecular weight is 224 g/mol. The van der Waals surface area contributed by atoms with Crippen LogP contribution in [0.5, 0.6) is 0 Å². The normalized spacial score (nSPS) is 36.4. The van der Waals surface area contributed by atoms with Crippen molar-refractivity contribution >= 4 is 0 Å². The minimum absolute atomic E-state index is 0.107. The Morgan fingerprint density at radius 3 is 2.56 bits per heavy atom. The van der Waals surface area contributed by atoms with Gasteiger partial charge in [-0.3, -0.25) is 0 Å². The van der Waals surface area contributed by atoms with Crippen LogP contribution in [0.1, 0.15) is 51.9 Å². The van der Waals surface area contributed by atoms with Gasteiger partial charge in [0.25, 0.3) is 0 Å². The van der Waals surface area contributed by atoms with Gasteiger partial charge in [0.2, 0.25) is 0 Å². The lowest BCUT2D eigenvalue weighted by Crippen LogP contribution is -2.52. The zero-order valence-electron chi connectivity index (χ0n) is 11.0. The Morgan fingerprint density at radius 1 is 1.25 bits per heavy atom. The molecule has 2 heteroatoms. The Hall–Kier alpha value is -0.0800. The van der Waals surface area contributed by atoms with E-state index in [1.165, 1.54) is 51.5 Å². The molecule has 0 spiro atoms. The molecular weight excluding hydrogens is 196 g/mol. The van der Waals surface area contributed by atoms with Crippen molar-refractivity contribution in [2.24, 2.45) is 17.6 Å². The van der Waals surface area contributed by atoms with E-state index in [0.29, 0.717) is 0 Å². The smallest absolute Gasteiger partial charge is 0.0285 e. The Labute approximate surface area is 101 Å². The first-order valence-corrected chi connectivity index (χ1v) is 7.05. The Kier molecular flexibility index (Phi) is 3.91. The molecule has 94 valence electrons. The van der Waals surface area contributed by atoms with Crippen molar-refractivity contribution in [1.82, 2.24) is 4.90 Å². The van der Waals surface area contributed by atoms with E-state index in [9.17, 15) is 0 Å². The molecule has 0 aromatic carbocycles. The third kappa shape index (κ3) is 3.21. The summed E-state index contributed by atoms with van der Waals surface area (Å²) < 4.78 is 0. The summed E-state index contributed by atoms with van der Waals surface area (Å²) in [5.41, 5.74) is 6.65. The van der Waals surface area contributed by atoms with Crippen LogP contribution >= 0.6 is 0 Å². The number of rotatable bonds is 4. The van der Waals surface area contributed by atoms with Crippen molar-refractivity contribution in [3.8, 4) is 0 Å². The van der Waals surface area contributed by atoms with Crippen molar-refractivity contribution in [1.29, 1.82) is 0 Å². The molecule has 0 heterocycles. The third-order valence-electron chi connectivity index (χ3n) is 4.51. The predicted octanol–water partition coefficient (Wildman–Crippen LogP) is 2.63. The summed E-state index contributed by atoms with van der Waals surface area (Å²) in [4.78, 5) is 2.49. The topological polar surface area (TPSA) is 29.3 Å². The zero-order valence-corrected chi connectivity index (χ0v) is 11.0. The third-order valence-corrected chi connectivity index (χ3v) is 4.51. The standard InChI is InChI=1S/C14H28N2/c1-12-5-4-8-14(15,9-12)11-16(2)10-13-6-3-7-13/h12-13H,3-11,15H2,1-2H3. The molecule has 2 fully saturated rings. The summed E-state index contributed by atoms with van der Waals surface area (Å²) in [5.74, 6) is 1.80. The largest absolute Gasteiger partial charge is 0.324 e. The quantitative estimate of drug-likeness (QED) is 0.795. The van der Waals surface area contributed by atoms with Crippen molar-refractivity contribution in [3.63, 3.8) is 0 Å². The molecule has 2 atom stereocenters. The van der Waals surface area contributed by atoms with Crippen LogP contribution in [-0.4, -0.2) is 30.6 Å². The van der Waals surface area contributed by atoms with Gasteiger partial charge in [-0.25, -0.2) is 0 Å². The van der Waals surface area contributed by atoms with E-state index in [-0.39, 0.29) is 5.54 Å². The molecule has 16 heavy (non-hydrogen) atoms. The van der Waals surface area contributed by atoms with E-state index >= 15 is 0 Å². The highest BCUT2D eigenvalue weighted by Gasteiger charge is 2.32. The van der Waals surface area contributed by atoms with Gasteiger partial charge in [0.1, 0.15) is 0 Å². The molecule has 2 aliphatic rings. The van der Waals surface area contributed by atoms with Crippen LogP contribution in [0, 0.1) is 11.8 Å². The lowest BCUT2D eigenvalue weighted by molar-refractivity contribution is 0.137. The summed E-state index contributed by atoms with van der Waals surface area (Å²) in [5, 5.41) is 0. The van der Waals surface area contributed by atoms with Gasteiger partial charge in [0, 0.05) is 18.6 Å². The van der Waals surface area contributed by atoms with Crippen molar-refractivity contribution in [2.75, 3.05) is 20.1 Å². The first-order valence-electron chi connectivity index (χ1n) is 7.05.